The van der Waals surface area contributed by atoms with Crippen LogP contribution in [0.1, 0.15) is 56.0 Å². The van der Waals surface area contributed by atoms with Gasteiger partial charge in [0.1, 0.15) is 10.8 Å². The number of rotatable bonds is 6. The van der Waals surface area contributed by atoms with Gasteiger partial charge in [-0.2, -0.15) is 18.4 Å². The maximum absolute atomic E-state index is 14.8. The molecule has 3 heterocycles. The minimum atomic E-state index is -5.23. The van der Waals surface area contributed by atoms with E-state index in [-0.39, 0.29) is 73.7 Å². The summed E-state index contributed by atoms with van der Waals surface area (Å²) in [5.41, 5.74) is -4.41. The van der Waals surface area contributed by atoms with Crippen LogP contribution in [0, 0.1) is 11.3 Å². The van der Waals surface area contributed by atoms with Gasteiger partial charge in [0.05, 0.1) is 29.1 Å². The molecule has 1 aromatic carbocycles. The third kappa shape index (κ3) is 4.38. The molecule has 13 heteroatoms. The highest BCUT2D eigenvalue weighted by Gasteiger charge is 2.62. The first-order valence-corrected chi connectivity index (χ1v) is 14.8. The van der Waals surface area contributed by atoms with Crippen LogP contribution in [0.15, 0.2) is 47.4 Å². The lowest BCUT2D eigenvalue weighted by atomic mass is 9.80. The Morgan fingerprint density at radius 2 is 1.83 bits per heavy atom. The Hall–Kier alpha value is -3.53. The minimum absolute atomic E-state index is 0.0199. The van der Waals surface area contributed by atoms with Gasteiger partial charge in [-0.05, 0) is 56.4 Å². The summed E-state index contributed by atoms with van der Waals surface area (Å²) >= 11 is 0. The number of nitriles is 1. The standard InChI is InChI=1S/C28H28F4N4O4S/c1-26(29,28(30,31)32)22-11-8-19-20(34-22)9-12-23-27(19,41(39,40)18-6-3-2-4-7-18)14-17-36(23)25(38)21-10-13-24(37)35(21)16-5-15-33/h2-4,6-8,11,21,23H,5,9-10,12-14,16-17H2,1H3/t21-,23?,26?,27?/m0/s1. The number of pyridine rings is 1. The van der Waals surface area contributed by atoms with Crippen LogP contribution in [-0.4, -0.2) is 66.4 Å². The van der Waals surface area contributed by atoms with Crippen molar-refractivity contribution in [1.82, 2.24) is 14.8 Å². The van der Waals surface area contributed by atoms with Crippen LogP contribution in [-0.2, 0) is 36.3 Å². The first-order chi connectivity index (χ1) is 19.3. The third-order valence-electron chi connectivity index (χ3n) is 8.63. The van der Waals surface area contributed by atoms with E-state index in [2.05, 4.69) is 4.98 Å². The average Bonchev–Trinajstić information content (AvgIpc) is 3.52. The molecule has 3 unspecified atom stereocenters. The molecule has 4 atom stereocenters. The van der Waals surface area contributed by atoms with Crippen molar-refractivity contribution in [1.29, 1.82) is 5.26 Å². The number of alkyl halides is 4. The van der Waals surface area contributed by atoms with Crippen LogP contribution in [0.25, 0.3) is 0 Å². The monoisotopic (exact) mass is 592 g/mol. The van der Waals surface area contributed by atoms with Crippen molar-refractivity contribution < 1.29 is 35.6 Å². The maximum Gasteiger partial charge on any atom is 0.428 e. The highest BCUT2D eigenvalue weighted by molar-refractivity contribution is 7.92. The number of sulfone groups is 1. The zero-order valence-electron chi connectivity index (χ0n) is 22.2. The van der Waals surface area contributed by atoms with Gasteiger partial charge < -0.3 is 9.80 Å². The van der Waals surface area contributed by atoms with Crippen LogP contribution < -0.4 is 0 Å². The summed E-state index contributed by atoms with van der Waals surface area (Å²) in [5.74, 6) is -0.684. The Balaban J connectivity index is 1.62. The molecule has 1 aliphatic carbocycles. The number of fused-ring (bicyclic) bond motifs is 3. The fraction of sp³-hybridized carbons (Fsp3) is 0.500. The van der Waals surface area contributed by atoms with E-state index in [1.54, 1.807) is 18.2 Å². The van der Waals surface area contributed by atoms with Gasteiger partial charge in [-0.25, -0.2) is 12.8 Å². The van der Waals surface area contributed by atoms with Gasteiger partial charge >= 0.3 is 6.18 Å². The second-order valence-electron chi connectivity index (χ2n) is 10.8. The number of carbonyl (C=O) groups excluding carboxylic acids is 2. The van der Waals surface area contributed by atoms with Crippen molar-refractivity contribution in [2.45, 2.75) is 79.0 Å². The van der Waals surface area contributed by atoms with Gasteiger partial charge in [0.2, 0.25) is 17.5 Å². The number of hydrogen-bond donors (Lipinski definition) is 0. The number of hydrogen-bond acceptors (Lipinski definition) is 6. The Morgan fingerprint density at radius 1 is 1.12 bits per heavy atom. The number of halogens is 4. The van der Waals surface area contributed by atoms with Gasteiger partial charge in [-0.15, -0.1) is 0 Å². The Morgan fingerprint density at radius 3 is 2.49 bits per heavy atom. The van der Waals surface area contributed by atoms with Crippen molar-refractivity contribution in [3.63, 3.8) is 0 Å². The number of benzene rings is 1. The minimum Gasteiger partial charge on any atom is -0.336 e. The number of nitrogens with zero attached hydrogens (tertiary/aromatic N) is 4. The predicted octanol–water partition coefficient (Wildman–Crippen LogP) is 3.95. The zero-order valence-corrected chi connectivity index (χ0v) is 23.0. The largest absolute Gasteiger partial charge is 0.428 e. The van der Waals surface area contributed by atoms with E-state index in [1.807, 2.05) is 6.07 Å². The van der Waals surface area contributed by atoms with E-state index in [0.29, 0.717) is 6.92 Å². The lowest BCUT2D eigenvalue weighted by Crippen LogP contribution is -2.55. The van der Waals surface area contributed by atoms with E-state index in [9.17, 15) is 35.6 Å². The fourth-order valence-electron chi connectivity index (χ4n) is 6.49. The summed E-state index contributed by atoms with van der Waals surface area (Å²) in [4.78, 5) is 33.2. The summed E-state index contributed by atoms with van der Waals surface area (Å²) < 4.78 is 82.4. The van der Waals surface area contributed by atoms with E-state index in [1.165, 1.54) is 28.0 Å². The van der Waals surface area contributed by atoms with Crippen molar-refractivity contribution in [2.75, 3.05) is 13.1 Å². The molecule has 2 saturated heterocycles. The van der Waals surface area contributed by atoms with Crippen molar-refractivity contribution >= 4 is 21.7 Å². The Bertz CT molecular complexity index is 1520. The van der Waals surface area contributed by atoms with Gasteiger partial charge in [-0.3, -0.25) is 14.6 Å². The summed E-state index contributed by atoms with van der Waals surface area (Å²) in [6.45, 7) is 0.478. The smallest absolute Gasteiger partial charge is 0.336 e. The molecule has 2 aromatic rings. The molecule has 1 aromatic heterocycles. The molecular weight excluding hydrogens is 564 g/mol. The van der Waals surface area contributed by atoms with Gasteiger partial charge in [0.25, 0.3) is 0 Å². The molecular formula is C28H28F4N4O4S. The third-order valence-corrected chi connectivity index (χ3v) is 11.2. The average molecular weight is 593 g/mol. The van der Waals surface area contributed by atoms with Crippen LogP contribution in [0.5, 0.6) is 0 Å². The van der Waals surface area contributed by atoms with Crippen molar-refractivity contribution in [3.05, 3.63) is 59.4 Å². The quantitative estimate of drug-likeness (QED) is 0.470. The van der Waals surface area contributed by atoms with E-state index in [4.69, 9.17) is 5.26 Å². The molecule has 0 bridgehead atoms. The molecule has 0 N–H and O–H groups in total. The van der Waals surface area contributed by atoms with Gasteiger partial charge in [0.15, 0.2) is 9.84 Å². The summed E-state index contributed by atoms with van der Waals surface area (Å²) in [6, 6.07) is 9.91. The number of aryl methyl sites for hydroxylation is 1. The number of aromatic nitrogens is 1. The highest BCUT2D eigenvalue weighted by Crippen LogP contribution is 2.53. The fourth-order valence-corrected chi connectivity index (χ4v) is 8.86. The first kappa shape index (κ1) is 29.0. The van der Waals surface area contributed by atoms with Crippen molar-refractivity contribution in [2.24, 2.45) is 0 Å². The van der Waals surface area contributed by atoms with Gasteiger partial charge in [0, 0.05) is 25.2 Å². The van der Waals surface area contributed by atoms with E-state index in [0.717, 1.165) is 6.07 Å². The second kappa shape index (κ2) is 10.1. The lowest BCUT2D eigenvalue weighted by molar-refractivity contribution is -0.230. The molecule has 2 amide bonds. The Kier molecular flexibility index (Phi) is 7.12. The van der Waals surface area contributed by atoms with Crippen LogP contribution in [0.3, 0.4) is 0 Å². The number of likely N-dealkylation sites (tertiary alicyclic amines) is 2. The predicted molar refractivity (Wildman–Crippen MR) is 137 cm³/mol. The van der Waals surface area contributed by atoms with Gasteiger partial charge in [-0.1, -0.05) is 24.3 Å². The molecule has 0 spiro atoms. The summed E-state index contributed by atoms with van der Waals surface area (Å²) in [7, 11) is -4.25. The molecule has 8 nitrogen and oxygen atoms in total. The number of carbonyl (C=O) groups is 2. The van der Waals surface area contributed by atoms with Crippen molar-refractivity contribution in [3.8, 4) is 6.07 Å². The molecule has 218 valence electrons. The number of amides is 2. The first-order valence-electron chi connectivity index (χ1n) is 13.3. The second-order valence-corrected chi connectivity index (χ2v) is 13.0. The van der Waals surface area contributed by atoms with Crippen LogP contribution in [0.2, 0.25) is 0 Å². The highest BCUT2D eigenvalue weighted by atomic mass is 32.2. The Labute approximate surface area is 234 Å². The zero-order chi connectivity index (χ0) is 29.8. The molecule has 0 saturated carbocycles. The topological polar surface area (TPSA) is 111 Å². The van der Waals surface area contributed by atoms with Crippen LogP contribution >= 0.6 is 0 Å². The molecule has 41 heavy (non-hydrogen) atoms. The molecule has 2 aliphatic heterocycles. The van der Waals surface area contributed by atoms with Crippen LogP contribution in [0.4, 0.5) is 17.6 Å². The summed E-state index contributed by atoms with van der Waals surface area (Å²) in [5, 5.41) is 9.00. The normalized spacial score (nSPS) is 25.8. The molecule has 0 radical (unpaired) electrons. The van der Waals surface area contributed by atoms with E-state index < -0.39 is 50.1 Å². The molecule has 5 rings (SSSR count). The van der Waals surface area contributed by atoms with E-state index >= 15 is 0 Å². The molecule has 3 aliphatic rings. The molecule has 2 fully saturated rings. The summed E-state index contributed by atoms with van der Waals surface area (Å²) in [6.07, 6.45) is -4.79. The lowest BCUT2D eigenvalue weighted by Gasteiger charge is -2.43. The maximum atomic E-state index is 14.8. The SMILES string of the molecule is CC(F)(c1ccc2c(n1)CCC1N(C(=O)[C@@H]3CCC(=O)N3CCC#N)CCC21S(=O)(=O)c1ccccc1)C(F)(F)F.